The second kappa shape index (κ2) is 10.8. The molecule has 4 aromatic rings. The molecule has 4 heterocycles. The van der Waals surface area contributed by atoms with Crippen LogP contribution >= 0.6 is 0 Å². The average molecular weight is 562 g/mol. The van der Waals surface area contributed by atoms with Crippen molar-refractivity contribution in [2.24, 2.45) is 5.41 Å². The topological polar surface area (TPSA) is 120 Å². The highest BCUT2D eigenvalue weighted by Gasteiger charge is 2.44. The number of benzene rings is 2. The van der Waals surface area contributed by atoms with Crippen LogP contribution in [-0.4, -0.2) is 70.8 Å². The maximum Gasteiger partial charge on any atom is 0.414 e. The summed E-state index contributed by atoms with van der Waals surface area (Å²) in [4.78, 5) is 44.2. The molecule has 1 amide bonds. The van der Waals surface area contributed by atoms with E-state index in [-0.39, 0.29) is 23.4 Å². The highest BCUT2D eigenvalue weighted by Crippen LogP contribution is 2.44. The Morgan fingerprint density at radius 1 is 1.10 bits per heavy atom. The number of nitrogens with one attached hydrogen (secondary N) is 2. The molecule has 41 heavy (non-hydrogen) atoms. The number of anilines is 2. The van der Waals surface area contributed by atoms with Crippen LogP contribution in [0.25, 0.3) is 11.0 Å². The molecule has 0 radical (unpaired) electrons. The second-order valence-electron chi connectivity index (χ2n) is 10.8. The lowest BCUT2D eigenvalue weighted by molar-refractivity contribution is 0.161. The first-order chi connectivity index (χ1) is 19.8. The molecule has 1 spiro atoms. The number of imidazole rings is 1. The highest BCUT2D eigenvalue weighted by molar-refractivity contribution is 5.89. The summed E-state index contributed by atoms with van der Waals surface area (Å²) in [5.41, 5.74) is 2.96. The summed E-state index contributed by atoms with van der Waals surface area (Å²) in [6.45, 7) is 6.30. The quantitative estimate of drug-likeness (QED) is 0.343. The predicted molar refractivity (Wildman–Crippen MR) is 152 cm³/mol. The van der Waals surface area contributed by atoms with Gasteiger partial charge in [0.25, 0.3) is 0 Å². The molecule has 2 aliphatic heterocycles. The van der Waals surface area contributed by atoms with E-state index in [4.69, 9.17) is 9.47 Å². The number of rotatable bonds is 7. The van der Waals surface area contributed by atoms with Gasteiger partial charge >= 0.3 is 11.8 Å². The van der Waals surface area contributed by atoms with E-state index in [0.717, 1.165) is 62.2 Å². The van der Waals surface area contributed by atoms with Gasteiger partial charge < -0.3 is 24.3 Å². The molecule has 6 rings (SSSR count). The van der Waals surface area contributed by atoms with Crippen molar-refractivity contribution in [2.75, 3.05) is 49.6 Å². The normalized spacial score (nSPS) is 18.9. The first-order valence-electron chi connectivity index (χ1n) is 13.7. The van der Waals surface area contributed by atoms with Crippen LogP contribution < -0.4 is 20.2 Å². The predicted octanol–water partition coefficient (Wildman–Crippen LogP) is 4.27. The van der Waals surface area contributed by atoms with Crippen molar-refractivity contribution < 1.29 is 18.7 Å². The van der Waals surface area contributed by atoms with E-state index in [2.05, 4.69) is 35.8 Å². The van der Waals surface area contributed by atoms with Gasteiger partial charge in [-0.25, -0.2) is 23.9 Å². The van der Waals surface area contributed by atoms with Crippen LogP contribution in [0.2, 0.25) is 0 Å². The van der Waals surface area contributed by atoms with E-state index in [1.54, 1.807) is 13.1 Å². The number of nitrogens with zero attached hydrogens (tertiary/aromatic N) is 5. The maximum atomic E-state index is 14.1. The molecular weight excluding hydrogens is 529 g/mol. The third kappa shape index (κ3) is 5.47. The summed E-state index contributed by atoms with van der Waals surface area (Å²) in [5, 5.41) is 0. The second-order valence-corrected chi connectivity index (χ2v) is 10.8. The Bertz CT molecular complexity index is 1640. The molecule has 2 aromatic heterocycles. The zero-order valence-corrected chi connectivity index (χ0v) is 23.0. The number of H-pyrrole nitrogens is 2. The fourth-order valence-corrected chi connectivity index (χ4v) is 5.94. The molecule has 1 atom stereocenters. The van der Waals surface area contributed by atoms with Crippen molar-refractivity contribution in [1.82, 2.24) is 24.8 Å². The third-order valence-corrected chi connectivity index (χ3v) is 7.94. The minimum atomic E-state index is -0.610. The summed E-state index contributed by atoms with van der Waals surface area (Å²) in [6.07, 6.45) is 4.56. The number of fused-ring (bicyclic) bond motifs is 1. The van der Waals surface area contributed by atoms with Crippen molar-refractivity contribution in [3.8, 4) is 11.5 Å². The number of hydrogen-bond donors (Lipinski definition) is 2. The Labute approximate surface area is 235 Å². The van der Waals surface area contributed by atoms with E-state index < -0.39 is 11.9 Å². The zero-order chi connectivity index (χ0) is 28.6. The summed E-state index contributed by atoms with van der Waals surface area (Å²) in [5.74, 6) is 0.880. The van der Waals surface area contributed by atoms with Gasteiger partial charge in [0.2, 0.25) is 0 Å². The summed E-state index contributed by atoms with van der Waals surface area (Å²) in [6, 6.07) is 10.0. The Kier molecular flexibility index (Phi) is 7.08. The molecule has 0 bridgehead atoms. The number of carbonyl (C=O) groups is 1. The molecule has 0 aliphatic carbocycles. The summed E-state index contributed by atoms with van der Waals surface area (Å²) < 4.78 is 25.5. The molecule has 0 saturated carbocycles. The molecular formula is C29H32FN7O4. The number of aromatic nitrogens is 4. The number of aromatic amines is 2. The fraction of sp³-hybridized carbons (Fsp3) is 0.379. The lowest BCUT2D eigenvalue weighted by Gasteiger charge is -2.26. The molecule has 12 heteroatoms. The third-order valence-electron chi connectivity index (χ3n) is 7.94. The van der Waals surface area contributed by atoms with Gasteiger partial charge in [0.15, 0.2) is 17.3 Å². The fourth-order valence-electron chi connectivity index (χ4n) is 5.94. The Morgan fingerprint density at radius 3 is 2.78 bits per heavy atom. The van der Waals surface area contributed by atoms with Crippen LogP contribution in [0.1, 0.15) is 25.3 Å². The SMILES string of the molecule is CCOC(=O)N(C)c1cc(F)ccc1Oc1cncnc1N1CCC2(CCN(Cc3ccc4[nH]c(=O)[nH]c4c3)C2)C1. The molecule has 2 aromatic carbocycles. The van der Waals surface area contributed by atoms with Crippen LogP contribution in [0.3, 0.4) is 0 Å². The van der Waals surface area contributed by atoms with Crippen molar-refractivity contribution in [2.45, 2.75) is 26.3 Å². The Morgan fingerprint density at radius 2 is 1.93 bits per heavy atom. The van der Waals surface area contributed by atoms with Gasteiger partial charge in [-0.15, -0.1) is 0 Å². The maximum absolute atomic E-state index is 14.1. The first kappa shape index (κ1) is 26.8. The van der Waals surface area contributed by atoms with Crippen molar-refractivity contribution in [3.05, 3.63) is 70.8 Å². The molecule has 2 N–H and O–H groups in total. The molecule has 11 nitrogen and oxygen atoms in total. The van der Waals surface area contributed by atoms with E-state index in [0.29, 0.717) is 17.3 Å². The lowest BCUT2D eigenvalue weighted by Crippen LogP contribution is -2.31. The van der Waals surface area contributed by atoms with Crippen molar-refractivity contribution in [3.63, 3.8) is 0 Å². The van der Waals surface area contributed by atoms with Crippen molar-refractivity contribution in [1.29, 1.82) is 0 Å². The lowest BCUT2D eigenvalue weighted by atomic mass is 9.86. The van der Waals surface area contributed by atoms with Crippen LogP contribution in [0.4, 0.5) is 20.7 Å². The van der Waals surface area contributed by atoms with Crippen LogP contribution in [0.15, 0.2) is 53.7 Å². The van der Waals surface area contributed by atoms with E-state index in [9.17, 15) is 14.0 Å². The molecule has 2 aliphatic rings. The smallest absolute Gasteiger partial charge is 0.414 e. The number of likely N-dealkylation sites (tertiary alicyclic amines) is 1. The van der Waals surface area contributed by atoms with Gasteiger partial charge in [-0.1, -0.05) is 6.07 Å². The molecule has 2 fully saturated rings. The van der Waals surface area contributed by atoms with E-state index in [1.807, 2.05) is 12.1 Å². The standard InChI is InChI=1S/C29H32FN7O4/c1-3-40-28(39)35(2)23-13-20(30)5-7-24(23)41-25-14-31-18-32-26(25)37-11-9-29(17-37)8-10-36(16-29)15-19-4-6-21-22(12-19)34-27(38)33-21/h4-7,12-14,18H,3,8-11,15-17H2,1-2H3,(H2,33,34,38). The van der Waals surface area contributed by atoms with E-state index in [1.165, 1.54) is 36.5 Å². The van der Waals surface area contributed by atoms with Crippen LogP contribution in [-0.2, 0) is 11.3 Å². The molecule has 1 unspecified atom stereocenters. The number of ether oxygens (including phenoxy) is 2. The average Bonchev–Trinajstić information content (AvgIpc) is 3.67. The van der Waals surface area contributed by atoms with Crippen molar-refractivity contribution >= 4 is 28.6 Å². The minimum Gasteiger partial charge on any atom is -0.450 e. The molecule has 214 valence electrons. The van der Waals surface area contributed by atoms with Gasteiger partial charge in [-0.2, -0.15) is 0 Å². The largest absolute Gasteiger partial charge is 0.450 e. The number of carbonyl (C=O) groups excluding carboxylic acids is 1. The number of hydrogen-bond acceptors (Lipinski definition) is 8. The number of halogens is 1. The van der Waals surface area contributed by atoms with Crippen LogP contribution in [0.5, 0.6) is 11.5 Å². The van der Waals surface area contributed by atoms with Gasteiger partial charge in [0.1, 0.15) is 12.1 Å². The summed E-state index contributed by atoms with van der Waals surface area (Å²) >= 11 is 0. The van der Waals surface area contributed by atoms with Crippen LogP contribution in [0, 0.1) is 11.2 Å². The van der Waals surface area contributed by atoms with Gasteiger partial charge in [0.05, 0.1) is 29.5 Å². The monoisotopic (exact) mass is 561 g/mol. The molecule has 2 saturated heterocycles. The summed E-state index contributed by atoms with van der Waals surface area (Å²) in [7, 11) is 1.51. The van der Waals surface area contributed by atoms with Gasteiger partial charge in [0, 0.05) is 44.7 Å². The highest BCUT2D eigenvalue weighted by atomic mass is 19.1. The van der Waals surface area contributed by atoms with Gasteiger partial charge in [-0.05, 0) is 56.1 Å². The van der Waals surface area contributed by atoms with Gasteiger partial charge in [-0.3, -0.25) is 9.80 Å². The zero-order valence-electron chi connectivity index (χ0n) is 23.0. The Hall–Kier alpha value is -4.45. The Balaban J connectivity index is 1.16. The van der Waals surface area contributed by atoms with E-state index >= 15 is 0 Å². The first-order valence-corrected chi connectivity index (χ1v) is 13.7. The minimum absolute atomic E-state index is 0.125. The number of amides is 1.